The van der Waals surface area contributed by atoms with Gasteiger partial charge in [0.2, 0.25) is 58.7 Å². The van der Waals surface area contributed by atoms with Crippen LogP contribution in [0, 0.1) is 75.4 Å². The number of ether oxygens (including phenoxy) is 2. The normalized spacial score (nSPS) is 25.2. The van der Waals surface area contributed by atoms with E-state index in [1.807, 2.05) is 71.9 Å². The van der Waals surface area contributed by atoms with E-state index in [0.717, 1.165) is 127 Å². The van der Waals surface area contributed by atoms with Crippen LogP contribution < -0.4 is 58.5 Å². The molecule has 0 bridgehead atoms. The number of rotatable bonds is 40. The summed E-state index contributed by atoms with van der Waals surface area (Å²) in [7, 11) is -3.35. The van der Waals surface area contributed by atoms with Gasteiger partial charge in [-0.3, -0.25) is 62.3 Å². The van der Waals surface area contributed by atoms with E-state index in [1.54, 1.807) is 47.6 Å². The van der Waals surface area contributed by atoms with Gasteiger partial charge in [0.1, 0.15) is 57.8 Å². The number of fused-ring (bicyclic) bond motifs is 3. The molecular formula is C101H156N14O20S. The van der Waals surface area contributed by atoms with Crippen LogP contribution in [0.2, 0.25) is 0 Å². The molecule has 7 aliphatic carbocycles. The zero-order chi connectivity index (χ0) is 100. The summed E-state index contributed by atoms with van der Waals surface area (Å²) < 4.78 is 34.1. The van der Waals surface area contributed by atoms with Crippen LogP contribution in [0.15, 0.2) is 68.3 Å². The maximum absolute atomic E-state index is 14.3. The van der Waals surface area contributed by atoms with Crippen molar-refractivity contribution in [3.63, 3.8) is 0 Å². The largest absolute Gasteiger partial charge is 0.446 e. The molecule has 35 heteroatoms. The Kier molecular flexibility index (Phi) is 38.7. The number of ketones is 3. The Bertz CT molecular complexity index is 4600. The summed E-state index contributed by atoms with van der Waals surface area (Å²) in [4.78, 5) is 218. The summed E-state index contributed by atoms with van der Waals surface area (Å²) in [5, 5.41) is 30.1. The highest BCUT2D eigenvalue weighted by Gasteiger charge is 2.73. The first-order valence-electron chi connectivity index (χ1n) is 49.6. The number of allylic oxidation sites excluding steroid dienone is 2. The predicted molar refractivity (Wildman–Crippen MR) is 514 cm³/mol. The van der Waals surface area contributed by atoms with Gasteiger partial charge in [-0.05, 0) is 212 Å². The van der Waals surface area contributed by atoms with Crippen molar-refractivity contribution >= 4 is 104 Å². The Morgan fingerprint density at radius 1 is 0.485 bits per heavy atom. The number of alkyl carbamates (subject to hydrolysis) is 2. The molecule has 14 amide bonds. The van der Waals surface area contributed by atoms with E-state index < -0.39 is 146 Å². The third-order valence-electron chi connectivity index (χ3n) is 29.7. The summed E-state index contributed by atoms with van der Waals surface area (Å²) in [6, 6.07) is 0.712. The van der Waals surface area contributed by atoms with Crippen LogP contribution >= 0.6 is 0 Å². The molecule has 7 saturated carbocycles. The van der Waals surface area contributed by atoms with Crippen molar-refractivity contribution in [3.05, 3.63) is 73.9 Å². The molecule has 1 aromatic rings. The molecule has 136 heavy (non-hydrogen) atoms. The van der Waals surface area contributed by atoms with E-state index in [4.69, 9.17) is 9.47 Å². The molecule has 3 aliphatic heterocycles. The van der Waals surface area contributed by atoms with Gasteiger partial charge in [-0.15, -0.1) is 19.7 Å². The number of piperidine rings is 3. The number of amides is 14. The van der Waals surface area contributed by atoms with E-state index >= 15 is 0 Å². The fourth-order valence-electron chi connectivity index (χ4n) is 21.9. The molecule has 17 atom stereocenters. The molecule has 3 saturated heterocycles. The van der Waals surface area contributed by atoms with E-state index in [0.29, 0.717) is 57.8 Å². The van der Waals surface area contributed by atoms with Crippen molar-refractivity contribution in [1.29, 1.82) is 0 Å². The maximum atomic E-state index is 14.3. The van der Waals surface area contributed by atoms with Gasteiger partial charge >= 0.3 is 18.2 Å². The zero-order valence-electron chi connectivity index (χ0n) is 83.0. The van der Waals surface area contributed by atoms with Crippen molar-refractivity contribution in [1.82, 2.24) is 73.2 Å². The fourth-order valence-corrected chi connectivity index (χ4v) is 22.4. The van der Waals surface area contributed by atoms with Crippen molar-refractivity contribution in [2.75, 3.05) is 51.3 Å². The number of nitrogens with one attached hydrogen (secondary N) is 11. The van der Waals surface area contributed by atoms with E-state index in [2.05, 4.69) is 113 Å². The zero-order valence-corrected chi connectivity index (χ0v) is 83.9. The van der Waals surface area contributed by atoms with Crippen LogP contribution in [0.4, 0.5) is 14.4 Å². The molecule has 10 aliphatic rings. The first-order valence-corrected chi connectivity index (χ1v) is 51.7. The molecular weight excluding hydrogens is 1760 g/mol. The number of likely N-dealkylation sites (tertiary alicyclic amines) is 3. The van der Waals surface area contributed by atoms with Crippen molar-refractivity contribution < 1.29 is 94.6 Å². The quantitative estimate of drug-likeness (QED) is 0.0215. The summed E-state index contributed by atoms with van der Waals surface area (Å²) in [5.74, 6) is -7.76. The Hall–Kier alpha value is -10.1. The number of carbonyl (C=O) groups is 16. The van der Waals surface area contributed by atoms with Gasteiger partial charge in [0.15, 0.2) is 0 Å². The van der Waals surface area contributed by atoms with Crippen LogP contribution in [0.3, 0.4) is 0 Å². The lowest BCUT2D eigenvalue weighted by Gasteiger charge is -2.37. The molecule has 3 heterocycles. The van der Waals surface area contributed by atoms with Gasteiger partial charge < -0.3 is 82.7 Å². The maximum Gasteiger partial charge on any atom is 0.408 e. The van der Waals surface area contributed by atoms with Gasteiger partial charge in [-0.1, -0.05) is 168 Å². The summed E-state index contributed by atoms with van der Waals surface area (Å²) >= 11 is 0. The topological polar surface area (TPSA) is 468 Å². The van der Waals surface area contributed by atoms with Crippen molar-refractivity contribution in [2.24, 2.45) is 75.4 Å². The van der Waals surface area contributed by atoms with E-state index in [-0.39, 0.29) is 144 Å². The number of benzene rings is 1. The lowest BCUT2D eigenvalue weighted by molar-refractivity contribution is -0.145. The monoisotopic (exact) mass is 1920 g/mol. The average molecular weight is 1920 g/mol. The molecule has 11 N–H and O–H groups in total. The smallest absolute Gasteiger partial charge is 0.408 e. The Morgan fingerprint density at radius 3 is 1.24 bits per heavy atom. The number of nitrogens with zero attached hydrogens (tertiary/aromatic N) is 3. The van der Waals surface area contributed by atoms with Crippen LogP contribution in [-0.2, 0) is 88.2 Å². The number of urea groups is 1. The number of Topliss-reactive ketones (excluding diaryl/α,β-unsaturated/α-hetero) is 3. The minimum Gasteiger partial charge on any atom is -0.446 e. The molecule has 11 rings (SSSR count). The molecule has 5 unspecified atom stereocenters. The minimum atomic E-state index is -3.35. The highest BCUT2D eigenvalue weighted by atomic mass is 32.2. The number of carbonyl (C=O) groups excluding carboxylic acids is 16. The Morgan fingerprint density at radius 2 is 0.875 bits per heavy atom. The van der Waals surface area contributed by atoms with Gasteiger partial charge in [0, 0.05) is 64.0 Å². The van der Waals surface area contributed by atoms with Gasteiger partial charge in [-0.2, -0.15) is 0 Å². The Balaban J connectivity index is 0.000000230. The first kappa shape index (κ1) is 110. The highest BCUT2D eigenvalue weighted by molar-refractivity contribution is 7.90. The molecule has 0 aromatic heterocycles. The number of sulfone groups is 1. The van der Waals surface area contributed by atoms with Crippen molar-refractivity contribution in [3.8, 4) is 0 Å². The second kappa shape index (κ2) is 48.0. The molecule has 0 radical (unpaired) electrons. The fraction of sp³-hybridized carbons (Fsp3) is 0.723. The van der Waals surface area contributed by atoms with E-state index in [9.17, 15) is 85.1 Å². The van der Waals surface area contributed by atoms with Gasteiger partial charge in [-0.25, -0.2) is 22.8 Å². The lowest BCUT2D eigenvalue weighted by atomic mass is 9.83. The third kappa shape index (κ3) is 29.5. The van der Waals surface area contributed by atoms with E-state index in [1.165, 1.54) is 6.08 Å². The van der Waals surface area contributed by atoms with Crippen LogP contribution in [0.25, 0.3) is 0 Å². The average Bonchev–Trinajstić information content (AvgIpc) is 1.53. The number of hydrogen-bond donors (Lipinski definition) is 11. The summed E-state index contributed by atoms with van der Waals surface area (Å²) in [6.07, 6.45) is 22.6. The molecule has 1 aromatic carbocycles. The van der Waals surface area contributed by atoms with Crippen molar-refractivity contribution in [2.45, 2.75) is 336 Å². The summed E-state index contributed by atoms with van der Waals surface area (Å²) in [6.45, 7) is 39.6. The van der Waals surface area contributed by atoms with Crippen LogP contribution in [0.1, 0.15) is 263 Å². The van der Waals surface area contributed by atoms with Crippen LogP contribution in [0.5, 0.6) is 0 Å². The molecule has 756 valence electrons. The highest BCUT2D eigenvalue weighted by Crippen LogP contribution is 2.67. The second-order valence-electron chi connectivity index (χ2n) is 43.3. The SMILES string of the molecule is C=CCCC(NC(=O)[C@@H]1[C@@H]2[C@H](CN1C(=O)[C@@H](NC(=O)NC(C)(C)C)C1CCCCC1)C2(C)C)C(=O)C(=O)NCCS(C)(=O)=O.C=CCCC(NC(=O)[C@@H]1[C@@H]2[C@H](CN1C(=O)[C@@H](NC(=O)OC(C)(C)C)C1CCCCC1)C2(C)C)C(=O)C(=O)NCCC(=O)NCc1ccccc1.C=CCNC(=O)C(=O)C(CCC)NC(=O)[C@@H]1[C@@H]2[C@H](CN1C(=O)[C@@H](NC(=O)OC1CCC(C)C1)C1CCCCC1)C2(C)C. The third-order valence-corrected chi connectivity index (χ3v) is 30.6. The minimum absolute atomic E-state index is 0.0215. The standard InChI is InChI=1S/C38H55N5O7.C32H50N4O6.C31H51N5O7S/c1-7-8-19-27(32(45)34(47)39-21-20-28(44)40-22-24-15-11-9-12-16-24)41-33(46)31-29-26(38(29,5)6)23-43(31)35(48)30(25-17-13-10-14-18-25)42-36(49)50-37(2,3)4;1-6-11-23(27(37)29(39)33-16-7-2)34-28(38)26-24-22(32(24,4)5)18-36(26)30(40)25(20-12-9-8-10-13-20)35-31(41)42-21-15-14-19(3)17-21;1-8-9-15-21(25(37)27(39)32-16-17-44(7,42)43)33-26(38)24-22-20(31(22,5)6)18-36(24)28(40)23(19-13-11-10-12-14-19)34-29(41)35-30(2,3)4/h7,9,11-12,15-16,25-27,29-31H,1,8,10,13-14,17-23H2,2-6H3,(H,39,47)(H,40,44)(H,41,46)(H,42,49);7,19-26H,2,6,8-18H2,1,3-5H3,(H,33,39)(H,34,38)(H,35,41);8,19-24H,1,9-18H2,2-7H3,(H,32,39)(H,33,38)(H2,34,35,41)/t26-,27?,29-,30-,31-;19?,21?,22-,23?,24-,25-,26-;20-,21?,22-,23-,24-/m000/s1. The summed E-state index contributed by atoms with van der Waals surface area (Å²) in [5.41, 5.74) is -0.837. The molecule has 34 nitrogen and oxygen atoms in total. The molecule has 0 spiro atoms. The van der Waals surface area contributed by atoms with Crippen LogP contribution in [-0.4, -0.2) is 241 Å². The lowest BCUT2D eigenvalue weighted by Crippen LogP contribution is -2.61. The van der Waals surface area contributed by atoms with Gasteiger partial charge in [0.25, 0.3) is 17.7 Å². The predicted octanol–water partition coefficient (Wildman–Crippen LogP) is 8.97. The first-order chi connectivity index (χ1) is 64.0. The van der Waals surface area contributed by atoms with Gasteiger partial charge in [0.05, 0.1) is 23.9 Å². The number of hydrogen-bond acceptors (Lipinski definition) is 20. The molecule has 10 fully saturated rings. The second-order valence-corrected chi connectivity index (χ2v) is 45.6. The Labute approximate surface area is 804 Å².